The molecule has 2 unspecified atom stereocenters. The molecule has 1 saturated carbocycles. The summed E-state index contributed by atoms with van der Waals surface area (Å²) in [6, 6.07) is 0. The van der Waals surface area contributed by atoms with E-state index in [1.807, 2.05) is 0 Å². The summed E-state index contributed by atoms with van der Waals surface area (Å²) in [5.74, 6) is 0. The van der Waals surface area contributed by atoms with Crippen LogP contribution in [0.1, 0.15) is 24.1 Å². The monoisotopic (exact) mass is 261 g/mol. The van der Waals surface area contributed by atoms with Crippen LogP contribution in [0.25, 0.3) is 0 Å². The van der Waals surface area contributed by atoms with Crippen molar-refractivity contribution in [2.24, 2.45) is 0 Å². The molecule has 0 spiro atoms. The first-order valence-corrected chi connectivity index (χ1v) is 8.04. The van der Waals surface area contributed by atoms with E-state index in [1.165, 1.54) is 17.6 Å². The number of thiazole rings is 1. The molecule has 6 heteroatoms. The van der Waals surface area contributed by atoms with E-state index in [1.54, 1.807) is 11.7 Å². The lowest BCUT2D eigenvalue weighted by molar-refractivity contribution is 0.0520. The Morgan fingerprint density at radius 3 is 3.00 bits per heavy atom. The fourth-order valence-electron chi connectivity index (χ4n) is 2.47. The summed E-state index contributed by atoms with van der Waals surface area (Å²) in [4.78, 5) is 4.88. The van der Waals surface area contributed by atoms with Gasteiger partial charge in [-0.25, -0.2) is 8.42 Å². The van der Waals surface area contributed by atoms with Crippen molar-refractivity contribution in [2.75, 3.05) is 6.26 Å². The Hall–Kier alpha value is -0.460. The molecule has 1 aromatic heterocycles. The molecule has 16 heavy (non-hydrogen) atoms. The molecule has 1 aliphatic carbocycles. The Bertz CT molecular complexity index is 454. The quantitative estimate of drug-likeness (QED) is 0.882. The van der Waals surface area contributed by atoms with Gasteiger partial charge in [0.05, 0.1) is 16.4 Å². The Morgan fingerprint density at radius 2 is 2.44 bits per heavy atom. The Balaban J connectivity index is 2.23. The smallest absolute Gasteiger partial charge is 0.153 e. The van der Waals surface area contributed by atoms with Crippen LogP contribution in [0.5, 0.6) is 0 Å². The van der Waals surface area contributed by atoms with Gasteiger partial charge in [-0.1, -0.05) is 0 Å². The predicted molar refractivity (Wildman–Crippen MR) is 63.3 cm³/mol. The normalized spacial score (nSPS) is 30.8. The average Bonchev–Trinajstić information content (AvgIpc) is 2.73. The minimum atomic E-state index is -3.18. The topological polar surface area (TPSA) is 67.3 Å². The van der Waals surface area contributed by atoms with Crippen molar-refractivity contribution >= 4 is 21.2 Å². The van der Waals surface area contributed by atoms with Gasteiger partial charge in [0.25, 0.3) is 0 Å². The molecule has 90 valence electrons. The number of hydrogen-bond acceptors (Lipinski definition) is 5. The summed E-state index contributed by atoms with van der Waals surface area (Å²) in [5.41, 5.74) is 0.600. The third-order valence-corrected chi connectivity index (χ3v) is 5.64. The number of aromatic nitrogens is 1. The molecule has 0 aliphatic heterocycles. The molecule has 1 fully saturated rings. The van der Waals surface area contributed by atoms with Crippen LogP contribution in [-0.2, 0) is 16.3 Å². The van der Waals surface area contributed by atoms with Gasteiger partial charge in [0.1, 0.15) is 0 Å². The highest BCUT2D eigenvalue weighted by atomic mass is 32.2. The summed E-state index contributed by atoms with van der Waals surface area (Å²) in [6.07, 6.45) is 5.19. The molecule has 1 heterocycles. The molecular formula is C10H15NO3S2. The van der Waals surface area contributed by atoms with Crippen LogP contribution in [0, 0.1) is 0 Å². The zero-order chi connectivity index (χ0) is 11.8. The van der Waals surface area contributed by atoms with Crippen molar-refractivity contribution in [2.45, 2.75) is 36.5 Å². The standard InChI is InChI=1S/C10H15NO3S2/c1-16(13,14)9-3-2-4-10(9,12)5-8-6-11-7-15-8/h6-7,9,12H,2-5H2,1H3. The number of hydrogen-bond donors (Lipinski definition) is 1. The molecule has 0 bridgehead atoms. The number of aliphatic hydroxyl groups is 1. The van der Waals surface area contributed by atoms with Crippen molar-refractivity contribution in [1.82, 2.24) is 4.98 Å². The third kappa shape index (κ3) is 2.28. The molecule has 2 atom stereocenters. The van der Waals surface area contributed by atoms with Crippen LogP contribution in [0.15, 0.2) is 11.7 Å². The molecular weight excluding hydrogens is 246 g/mol. The zero-order valence-electron chi connectivity index (χ0n) is 9.09. The molecule has 0 amide bonds. The maximum Gasteiger partial charge on any atom is 0.153 e. The fourth-order valence-corrected chi connectivity index (χ4v) is 4.77. The lowest BCUT2D eigenvalue weighted by atomic mass is 9.97. The molecule has 1 aromatic rings. The lowest BCUT2D eigenvalue weighted by Crippen LogP contribution is -2.43. The van der Waals surface area contributed by atoms with E-state index in [0.717, 1.165) is 11.3 Å². The summed E-state index contributed by atoms with van der Waals surface area (Å²) >= 11 is 1.46. The number of rotatable bonds is 3. The maximum absolute atomic E-state index is 11.6. The minimum Gasteiger partial charge on any atom is -0.388 e. The van der Waals surface area contributed by atoms with Crippen LogP contribution in [-0.4, -0.2) is 35.6 Å². The van der Waals surface area contributed by atoms with Crippen molar-refractivity contribution in [1.29, 1.82) is 0 Å². The Morgan fingerprint density at radius 1 is 1.69 bits per heavy atom. The van der Waals surface area contributed by atoms with Gasteiger partial charge >= 0.3 is 0 Å². The fraction of sp³-hybridized carbons (Fsp3) is 0.700. The van der Waals surface area contributed by atoms with Crippen LogP contribution in [0.4, 0.5) is 0 Å². The van der Waals surface area contributed by atoms with E-state index in [0.29, 0.717) is 19.3 Å². The molecule has 4 nitrogen and oxygen atoms in total. The van der Waals surface area contributed by atoms with Gasteiger partial charge in [-0.15, -0.1) is 11.3 Å². The van der Waals surface area contributed by atoms with E-state index in [9.17, 15) is 13.5 Å². The van der Waals surface area contributed by atoms with Gasteiger partial charge in [-0.2, -0.15) is 0 Å². The highest BCUT2D eigenvalue weighted by Gasteiger charge is 2.46. The molecule has 0 radical (unpaired) electrons. The first-order chi connectivity index (χ1) is 7.42. The van der Waals surface area contributed by atoms with E-state index < -0.39 is 20.7 Å². The van der Waals surface area contributed by atoms with Crippen LogP contribution in [0.3, 0.4) is 0 Å². The summed E-state index contributed by atoms with van der Waals surface area (Å²) < 4.78 is 23.2. The van der Waals surface area contributed by atoms with E-state index in [4.69, 9.17) is 0 Å². The average molecular weight is 261 g/mol. The van der Waals surface area contributed by atoms with Crippen LogP contribution >= 0.6 is 11.3 Å². The number of sulfone groups is 1. The van der Waals surface area contributed by atoms with Gasteiger partial charge in [-0.05, 0) is 19.3 Å². The Kier molecular flexibility index (Phi) is 3.07. The van der Waals surface area contributed by atoms with Gasteiger partial charge in [0.2, 0.25) is 0 Å². The molecule has 0 saturated heterocycles. The van der Waals surface area contributed by atoms with Crippen molar-refractivity contribution in [3.63, 3.8) is 0 Å². The summed E-state index contributed by atoms with van der Waals surface area (Å²) in [6.45, 7) is 0. The van der Waals surface area contributed by atoms with Gasteiger partial charge in [0.15, 0.2) is 9.84 Å². The SMILES string of the molecule is CS(=O)(=O)C1CCCC1(O)Cc1cncs1. The first-order valence-electron chi connectivity index (χ1n) is 5.20. The third-order valence-electron chi connectivity index (χ3n) is 3.16. The first kappa shape index (κ1) is 12.0. The second kappa shape index (κ2) is 4.09. The van der Waals surface area contributed by atoms with E-state index in [2.05, 4.69) is 4.98 Å². The van der Waals surface area contributed by atoms with E-state index >= 15 is 0 Å². The molecule has 0 aromatic carbocycles. The highest BCUT2D eigenvalue weighted by Crippen LogP contribution is 2.37. The Labute approximate surface area is 99.3 Å². The largest absolute Gasteiger partial charge is 0.388 e. The summed E-state index contributed by atoms with van der Waals surface area (Å²) in [7, 11) is -3.18. The second-order valence-electron chi connectivity index (χ2n) is 4.46. The second-order valence-corrected chi connectivity index (χ2v) is 7.66. The van der Waals surface area contributed by atoms with Crippen molar-refractivity contribution < 1.29 is 13.5 Å². The maximum atomic E-state index is 11.6. The zero-order valence-corrected chi connectivity index (χ0v) is 10.7. The van der Waals surface area contributed by atoms with Crippen LogP contribution < -0.4 is 0 Å². The number of nitrogens with zero attached hydrogens (tertiary/aromatic N) is 1. The molecule has 1 aliphatic rings. The van der Waals surface area contributed by atoms with Crippen LogP contribution in [0.2, 0.25) is 0 Å². The molecule has 1 N–H and O–H groups in total. The van der Waals surface area contributed by atoms with Crippen molar-refractivity contribution in [3.05, 3.63) is 16.6 Å². The van der Waals surface area contributed by atoms with Gasteiger partial charge in [0, 0.05) is 23.8 Å². The minimum absolute atomic E-state index is 0.398. The molecule has 2 rings (SSSR count). The highest BCUT2D eigenvalue weighted by molar-refractivity contribution is 7.91. The van der Waals surface area contributed by atoms with E-state index in [-0.39, 0.29) is 0 Å². The van der Waals surface area contributed by atoms with Gasteiger partial charge < -0.3 is 5.11 Å². The lowest BCUT2D eigenvalue weighted by Gasteiger charge is -2.28. The summed E-state index contributed by atoms with van der Waals surface area (Å²) in [5, 5.41) is 9.84. The van der Waals surface area contributed by atoms with Gasteiger partial charge in [-0.3, -0.25) is 4.98 Å². The predicted octanol–water partition coefficient (Wildman–Crippen LogP) is 1.01. The van der Waals surface area contributed by atoms with Crippen molar-refractivity contribution in [3.8, 4) is 0 Å².